The van der Waals surface area contributed by atoms with Crippen molar-refractivity contribution in [3.05, 3.63) is 35.6 Å². The van der Waals surface area contributed by atoms with E-state index in [1.54, 1.807) is 12.1 Å². The molecule has 1 aromatic carbocycles. The van der Waals surface area contributed by atoms with Crippen molar-refractivity contribution in [1.82, 2.24) is 5.32 Å². The molecule has 0 aliphatic carbocycles. The standard InChI is InChI=1S/C16H24FNS2/c1-4-9-18-16(13-7-5-6-8-14(13)17)15-10-19-11(2)12(3)20-15/h5-8,11-12,15-16,18H,4,9-10H2,1-3H3. The highest BCUT2D eigenvalue weighted by Crippen LogP contribution is 2.41. The highest BCUT2D eigenvalue weighted by molar-refractivity contribution is 8.07. The third-order valence-electron chi connectivity index (χ3n) is 3.80. The fraction of sp³-hybridized carbons (Fsp3) is 0.625. The maximum Gasteiger partial charge on any atom is 0.128 e. The summed E-state index contributed by atoms with van der Waals surface area (Å²) in [5.41, 5.74) is 0.820. The number of benzene rings is 1. The fourth-order valence-corrected chi connectivity index (χ4v) is 5.56. The van der Waals surface area contributed by atoms with Gasteiger partial charge in [-0.05, 0) is 19.0 Å². The first kappa shape index (κ1) is 16.2. The van der Waals surface area contributed by atoms with Gasteiger partial charge in [-0.3, -0.25) is 0 Å². The van der Waals surface area contributed by atoms with Gasteiger partial charge in [0.1, 0.15) is 5.82 Å². The Kier molecular flexibility index (Phi) is 6.24. The summed E-state index contributed by atoms with van der Waals surface area (Å²) in [6.07, 6.45) is 1.07. The molecule has 2 rings (SSSR count). The fourth-order valence-electron chi connectivity index (χ4n) is 2.45. The van der Waals surface area contributed by atoms with Crippen molar-refractivity contribution in [2.24, 2.45) is 0 Å². The number of hydrogen-bond acceptors (Lipinski definition) is 3. The monoisotopic (exact) mass is 313 g/mol. The van der Waals surface area contributed by atoms with Crippen LogP contribution in [0.15, 0.2) is 24.3 Å². The van der Waals surface area contributed by atoms with Gasteiger partial charge in [0.25, 0.3) is 0 Å². The van der Waals surface area contributed by atoms with Gasteiger partial charge in [0.05, 0.1) is 0 Å². The van der Waals surface area contributed by atoms with Crippen LogP contribution in [0.5, 0.6) is 0 Å². The number of thioether (sulfide) groups is 2. The summed E-state index contributed by atoms with van der Waals surface area (Å²) < 4.78 is 14.1. The molecular weight excluding hydrogens is 289 g/mol. The minimum atomic E-state index is -0.0852. The molecule has 0 saturated carbocycles. The minimum absolute atomic E-state index is 0.0852. The topological polar surface area (TPSA) is 12.0 Å². The van der Waals surface area contributed by atoms with Crippen LogP contribution >= 0.6 is 23.5 Å². The molecule has 1 heterocycles. The molecule has 1 aliphatic rings. The summed E-state index contributed by atoms with van der Waals surface area (Å²) in [5.74, 6) is 1.00. The Morgan fingerprint density at radius 1 is 1.30 bits per heavy atom. The van der Waals surface area contributed by atoms with E-state index in [9.17, 15) is 4.39 Å². The highest BCUT2D eigenvalue weighted by Gasteiger charge is 2.32. The van der Waals surface area contributed by atoms with Crippen molar-refractivity contribution in [2.75, 3.05) is 12.3 Å². The van der Waals surface area contributed by atoms with E-state index < -0.39 is 0 Å². The molecular formula is C16H24FNS2. The lowest BCUT2D eigenvalue weighted by Gasteiger charge is -2.36. The zero-order valence-electron chi connectivity index (χ0n) is 12.4. The van der Waals surface area contributed by atoms with Crippen LogP contribution in [0.2, 0.25) is 0 Å². The lowest BCUT2D eigenvalue weighted by molar-refractivity contribution is 0.496. The quantitative estimate of drug-likeness (QED) is 0.860. The predicted molar refractivity (Wildman–Crippen MR) is 90.2 cm³/mol. The molecule has 0 amide bonds. The van der Waals surface area contributed by atoms with Gasteiger partial charge in [-0.1, -0.05) is 39.0 Å². The predicted octanol–water partition coefficient (Wildman–Crippen LogP) is 4.49. The molecule has 112 valence electrons. The summed E-state index contributed by atoms with van der Waals surface area (Å²) in [5, 5.41) is 5.30. The third kappa shape index (κ3) is 3.92. The zero-order valence-corrected chi connectivity index (χ0v) is 14.1. The van der Waals surface area contributed by atoms with E-state index >= 15 is 0 Å². The molecule has 0 radical (unpaired) electrons. The number of nitrogens with one attached hydrogen (secondary N) is 1. The number of halogens is 1. The first-order valence-electron chi connectivity index (χ1n) is 7.38. The molecule has 1 N–H and O–H groups in total. The van der Waals surface area contributed by atoms with Crippen molar-refractivity contribution >= 4 is 23.5 Å². The lowest BCUT2D eigenvalue weighted by atomic mass is 10.0. The highest BCUT2D eigenvalue weighted by atomic mass is 32.2. The molecule has 1 nitrogen and oxygen atoms in total. The average molecular weight is 314 g/mol. The van der Waals surface area contributed by atoms with Gasteiger partial charge in [0, 0.05) is 33.1 Å². The van der Waals surface area contributed by atoms with Crippen LogP contribution < -0.4 is 5.32 Å². The summed E-state index contributed by atoms with van der Waals surface area (Å²) >= 11 is 4.02. The normalized spacial score (nSPS) is 28.3. The number of hydrogen-bond donors (Lipinski definition) is 1. The second-order valence-electron chi connectivity index (χ2n) is 5.37. The summed E-state index contributed by atoms with van der Waals surface area (Å²) in [7, 11) is 0. The minimum Gasteiger partial charge on any atom is -0.309 e. The maximum absolute atomic E-state index is 14.1. The third-order valence-corrected chi connectivity index (χ3v) is 7.30. The van der Waals surface area contributed by atoms with E-state index in [4.69, 9.17) is 0 Å². The Morgan fingerprint density at radius 2 is 2.05 bits per heavy atom. The van der Waals surface area contributed by atoms with E-state index in [0.717, 1.165) is 24.3 Å². The van der Waals surface area contributed by atoms with Gasteiger partial charge in [-0.2, -0.15) is 23.5 Å². The van der Waals surface area contributed by atoms with Gasteiger partial charge in [-0.15, -0.1) is 0 Å². The Labute approximate surface area is 130 Å². The number of rotatable bonds is 5. The molecule has 4 unspecified atom stereocenters. The maximum atomic E-state index is 14.1. The largest absolute Gasteiger partial charge is 0.309 e. The molecule has 4 atom stereocenters. The SMILES string of the molecule is CCCNC(c1ccccc1F)C1CSC(C)C(C)S1. The summed E-state index contributed by atoms with van der Waals surface area (Å²) in [4.78, 5) is 0. The van der Waals surface area contributed by atoms with E-state index in [2.05, 4.69) is 26.1 Å². The average Bonchev–Trinajstić information content (AvgIpc) is 2.44. The molecule has 0 aromatic heterocycles. The van der Waals surface area contributed by atoms with E-state index in [1.165, 1.54) is 0 Å². The van der Waals surface area contributed by atoms with Crippen LogP contribution in [-0.4, -0.2) is 28.0 Å². The molecule has 1 fully saturated rings. The molecule has 4 heteroatoms. The van der Waals surface area contributed by atoms with Crippen molar-refractivity contribution in [3.8, 4) is 0 Å². The molecule has 1 aliphatic heterocycles. The Balaban J connectivity index is 2.17. The Morgan fingerprint density at radius 3 is 2.70 bits per heavy atom. The van der Waals surface area contributed by atoms with Gasteiger partial charge in [-0.25, -0.2) is 4.39 Å². The molecule has 0 spiro atoms. The molecule has 0 bridgehead atoms. The van der Waals surface area contributed by atoms with Crippen LogP contribution in [0.3, 0.4) is 0 Å². The lowest BCUT2D eigenvalue weighted by Crippen LogP contribution is -2.38. The van der Waals surface area contributed by atoms with Crippen molar-refractivity contribution < 1.29 is 4.39 Å². The molecule has 1 aromatic rings. The van der Waals surface area contributed by atoms with E-state index in [-0.39, 0.29) is 11.9 Å². The second kappa shape index (κ2) is 7.71. The van der Waals surface area contributed by atoms with Crippen molar-refractivity contribution in [1.29, 1.82) is 0 Å². The zero-order chi connectivity index (χ0) is 14.5. The molecule has 1 saturated heterocycles. The van der Waals surface area contributed by atoms with Crippen LogP contribution in [0.4, 0.5) is 4.39 Å². The first-order chi connectivity index (χ1) is 9.63. The van der Waals surface area contributed by atoms with Crippen LogP contribution in [0, 0.1) is 5.82 Å². The van der Waals surface area contributed by atoms with Crippen LogP contribution in [0.25, 0.3) is 0 Å². The van der Waals surface area contributed by atoms with E-state index in [0.29, 0.717) is 15.7 Å². The van der Waals surface area contributed by atoms with Crippen molar-refractivity contribution in [3.63, 3.8) is 0 Å². The van der Waals surface area contributed by atoms with Crippen LogP contribution in [0.1, 0.15) is 38.8 Å². The smallest absolute Gasteiger partial charge is 0.128 e. The van der Waals surface area contributed by atoms with Gasteiger partial charge < -0.3 is 5.32 Å². The van der Waals surface area contributed by atoms with Crippen LogP contribution in [-0.2, 0) is 0 Å². The Hall–Kier alpha value is -0.190. The summed E-state index contributed by atoms with van der Waals surface area (Å²) in [6.45, 7) is 7.66. The Bertz CT molecular complexity index is 427. The summed E-state index contributed by atoms with van der Waals surface area (Å²) in [6, 6.07) is 7.32. The molecule has 20 heavy (non-hydrogen) atoms. The van der Waals surface area contributed by atoms with Crippen molar-refractivity contribution in [2.45, 2.75) is 49.0 Å². The first-order valence-corrected chi connectivity index (χ1v) is 9.37. The second-order valence-corrected chi connectivity index (χ2v) is 8.40. The van der Waals surface area contributed by atoms with E-state index in [1.807, 2.05) is 35.7 Å². The van der Waals surface area contributed by atoms with Gasteiger partial charge >= 0.3 is 0 Å². The van der Waals surface area contributed by atoms with Gasteiger partial charge in [0.15, 0.2) is 0 Å². The van der Waals surface area contributed by atoms with Gasteiger partial charge in [0.2, 0.25) is 0 Å².